The van der Waals surface area contributed by atoms with Gasteiger partial charge in [-0.05, 0) is 51.4 Å². The monoisotopic (exact) mass is 890 g/mol. The second kappa shape index (κ2) is 55.8. The van der Waals surface area contributed by atoms with Crippen molar-refractivity contribution in [2.24, 2.45) is 0 Å². The Labute approximate surface area is 398 Å². The molecule has 0 N–H and O–H groups in total. The van der Waals surface area contributed by atoms with Crippen molar-refractivity contribution in [3.8, 4) is 0 Å². The van der Waals surface area contributed by atoms with Gasteiger partial charge in [0.25, 0.3) is 0 Å². The van der Waals surface area contributed by atoms with Crippen LogP contribution in [0.15, 0.2) is 0 Å². The van der Waals surface area contributed by atoms with E-state index in [-0.39, 0.29) is 0 Å². The van der Waals surface area contributed by atoms with Gasteiger partial charge in [0, 0.05) is 7.26 Å². The molecule has 0 bridgehead atoms. The van der Waals surface area contributed by atoms with E-state index in [1.807, 2.05) is 0 Å². The van der Waals surface area contributed by atoms with E-state index >= 15 is 0 Å². The fourth-order valence-electron chi connectivity index (χ4n) is 10.7. The van der Waals surface area contributed by atoms with Crippen LogP contribution in [0.5, 0.6) is 0 Å². The topological polar surface area (TPSA) is 0 Å². The van der Waals surface area contributed by atoms with Crippen LogP contribution >= 0.6 is 7.26 Å². The lowest BCUT2D eigenvalue weighted by atomic mass is 10.0. The summed E-state index contributed by atoms with van der Waals surface area (Å²) in [6.07, 6.45) is 85.8. The Kier molecular flexibility index (Phi) is 56.1. The summed E-state index contributed by atoms with van der Waals surface area (Å²) < 4.78 is 0. The lowest BCUT2D eigenvalue weighted by Gasteiger charge is -2.28. The van der Waals surface area contributed by atoms with Gasteiger partial charge in [0.2, 0.25) is 0 Å². The highest BCUT2D eigenvalue weighted by Gasteiger charge is 2.35. The molecule has 0 saturated heterocycles. The van der Waals surface area contributed by atoms with Crippen molar-refractivity contribution in [2.75, 3.05) is 24.6 Å². The molecule has 0 amide bonds. The van der Waals surface area contributed by atoms with E-state index in [0.29, 0.717) is 0 Å². The van der Waals surface area contributed by atoms with E-state index in [2.05, 4.69) is 27.7 Å². The molecule has 0 rings (SSSR count). The van der Waals surface area contributed by atoms with Crippen LogP contribution < -0.4 is 0 Å². The molecule has 0 aliphatic carbocycles. The van der Waals surface area contributed by atoms with Gasteiger partial charge in [-0.25, -0.2) is 0 Å². The second-order valence-electron chi connectivity index (χ2n) is 21.6. The quantitative estimate of drug-likeness (QED) is 0.0422. The molecule has 0 aliphatic heterocycles. The molecule has 0 aromatic carbocycles. The maximum atomic E-state index is 2.34. The first-order chi connectivity index (χ1) is 30.7. The third-order valence-corrected chi connectivity index (χ3v) is 20.3. The predicted octanol–water partition coefficient (Wildman–Crippen LogP) is 23.8. The van der Waals surface area contributed by atoms with Crippen LogP contribution in [0.1, 0.15) is 368 Å². The number of rotatable bonds is 57. The van der Waals surface area contributed by atoms with Crippen molar-refractivity contribution in [2.45, 2.75) is 368 Å². The van der Waals surface area contributed by atoms with Crippen LogP contribution in [0, 0.1) is 0 Å². The molecule has 0 radical (unpaired) electrons. The average Bonchev–Trinajstić information content (AvgIpc) is 3.28. The maximum Gasteiger partial charge on any atom is 0.0594 e. The van der Waals surface area contributed by atoms with Crippen molar-refractivity contribution in [3.63, 3.8) is 0 Å². The fourth-order valence-corrected chi connectivity index (χ4v) is 15.6. The molecule has 1 heteroatoms. The Morgan fingerprint density at radius 3 is 0.339 bits per heavy atom. The Hall–Kier alpha value is 0.430. The Morgan fingerprint density at radius 1 is 0.129 bits per heavy atom. The lowest BCUT2D eigenvalue weighted by Crippen LogP contribution is -2.13. The number of hydrogen-bond donors (Lipinski definition) is 0. The normalized spacial score (nSPS) is 12.0. The predicted molar refractivity (Wildman–Crippen MR) is 294 cm³/mol. The lowest BCUT2D eigenvalue weighted by molar-refractivity contribution is 0.529. The first-order valence-electron chi connectivity index (χ1n) is 30.6. The van der Waals surface area contributed by atoms with Crippen molar-refractivity contribution in [1.82, 2.24) is 0 Å². The largest absolute Gasteiger partial charge is 0.0654 e. The second-order valence-corrected chi connectivity index (χ2v) is 26.0. The summed E-state index contributed by atoms with van der Waals surface area (Å²) in [6.45, 7) is 9.35. The maximum absolute atomic E-state index is 2.34. The smallest absolute Gasteiger partial charge is 0.0594 e. The highest BCUT2D eigenvalue weighted by Crippen LogP contribution is 2.61. The van der Waals surface area contributed by atoms with Crippen molar-refractivity contribution in [1.29, 1.82) is 0 Å². The van der Waals surface area contributed by atoms with Gasteiger partial charge in [0.15, 0.2) is 0 Å². The standard InChI is InChI=1S/C61H126P/c1-5-9-13-17-21-25-29-33-34-35-36-37-41-45-49-53-57-61-62(58-54-50-46-42-38-30-26-22-18-14-10-6-2,59-55-51-47-43-39-31-27-23-19-15-11-7-3)60-56-52-48-44-40-32-28-24-20-16-12-8-4/h5-61H2,1-4H3/q+1. The van der Waals surface area contributed by atoms with Crippen LogP contribution in [0.2, 0.25) is 0 Å². The highest BCUT2D eigenvalue weighted by atomic mass is 31.2. The highest BCUT2D eigenvalue weighted by molar-refractivity contribution is 7.75. The number of unbranched alkanes of at least 4 members (excludes halogenated alkanes) is 49. The molecule has 0 unspecified atom stereocenters. The minimum atomic E-state index is -0.826. The van der Waals surface area contributed by atoms with E-state index in [0.717, 1.165) is 0 Å². The zero-order chi connectivity index (χ0) is 44.8. The Balaban J connectivity index is 4.87. The molecule has 0 nitrogen and oxygen atoms in total. The zero-order valence-corrected chi connectivity index (χ0v) is 45.6. The summed E-state index contributed by atoms with van der Waals surface area (Å²) in [5.74, 6) is 0. The molecule has 0 aromatic heterocycles. The van der Waals surface area contributed by atoms with Gasteiger partial charge in [-0.3, -0.25) is 0 Å². The first-order valence-corrected chi connectivity index (χ1v) is 33.1. The SMILES string of the molecule is CCCCCCCCCCCCCCCCCCC[P+](CCCCCCCCCCCCCC)(CCCCCCCCCCCCCC)CCCCCCCCCCCCCC. The van der Waals surface area contributed by atoms with E-state index in [1.165, 1.54) is 315 Å². The van der Waals surface area contributed by atoms with E-state index < -0.39 is 7.26 Å². The third-order valence-electron chi connectivity index (χ3n) is 15.2. The summed E-state index contributed by atoms with van der Waals surface area (Å²) in [5.41, 5.74) is 0. The molecule has 0 fully saturated rings. The zero-order valence-electron chi connectivity index (χ0n) is 44.8. The molecular weight excluding hydrogens is 764 g/mol. The molecule has 0 atom stereocenters. The van der Waals surface area contributed by atoms with Crippen LogP contribution in [-0.2, 0) is 0 Å². The summed E-state index contributed by atoms with van der Waals surface area (Å²) in [7, 11) is -0.826. The number of hydrogen-bond acceptors (Lipinski definition) is 0. The summed E-state index contributed by atoms with van der Waals surface area (Å²) in [6, 6.07) is 0. The van der Waals surface area contributed by atoms with Crippen molar-refractivity contribution < 1.29 is 0 Å². The molecule has 0 aliphatic rings. The fraction of sp³-hybridized carbons (Fsp3) is 1.00. The summed E-state index contributed by atoms with van der Waals surface area (Å²) >= 11 is 0. The average molecular weight is 891 g/mol. The minimum Gasteiger partial charge on any atom is -0.0654 e. The molecular formula is C61H126P+. The molecule has 0 heterocycles. The van der Waals surface area contributed by atoms with Gasteiger partial charge in [0.1, 0.15) is 0 Å². The van der Waals surface area contributed by atoms with Gasteiger partial charge in [-0.1, -0.05) is 317 Å². The molecule has 62 heavy (non-hydrogen) atoms. The molecule has 374 valence electrons. The van der Waals surface area contributed by atoms with Gasteiger partial charge in [-0.2, -0.15) is 0 Å². The molecule has 0 saturated carbocycles. The van der Waals surface area contributed by atoms with Crippen LogP contribution in [0.25, 0.3) is 0 Å². The van der Waals surface area contributed by atoms with Gasteiger partial charge >= 0.3 is 0 Å². The Morgan fingerprint density at radius 2 is 0.226 bits per heavy atom. The summed E-state index contributed by atoms with van der Waals surface area (Å²) in [5, 5.41) is 0. The first kappa shape index (κ1) is 62.4. The minimum absolute atomic E-state index is 0.826. The molecule has 0 aromatic rings. The van der Waals surface area contributed by atoms with Gasteiger partial charge < -0.3 is 0 Å². The Bertz CT molecular complexity index is 689. The van der Waals surface area contributed by atoms with E-state index in [4.69, 9.17) is 0 Å². The van der Waals surface area contributed by atoms with Crippen molar-refractivity contribution in [3.05, 3.63) is 0 Å². The van der Waals surface area contributed by atoms with Crippen molar-refractivity contribution >= 4 is 7.26 Å². The van der Waals surface area contributed by atoms with Crippen LogP contribution in [0.4, 0.5) is 0 Å². The summed E-state index contributed by atoms with van der Waals surface area (Å²) in [4.78, 5) is 0. The van der Waals surface area contributed by atoms with E-state index in [9.17, 15) is 0 Å². The molecule has 0 spiro atoms. The third kappa shape index (κ3) is 49.9. The van der Waals surface area contributed by atoms with Gasteiger partial charge in [0.05, 0.1) is 24.6 Å². The van der Waals surface area contributed by atoms with Gasteiger partial charge in [-0.15, -0.1) is 0 Å². The van der Waals surface area contributed by atoms with E-state index in [1.54, 1.807) is 50.3 Å². The van der Waals surface area contributed by atoms with Crippen LogP contribution in [0.3, 0.4) is 0 Å². The van der Waals surface area contributed by atoms with Crippen LogP contribution in [-0.4, -0.2) is 24.6 Å².